The molecule has 2 N–H and O–H groups in total. The van der Waals surface area contributed by atoms with Crippen molar-refractivity contribution in [2.45, 2.75) is 55.0 Å². The van der Waals surface area contributed by atoms with Crippen LogP contribution in [0.5, 0.6) is 0 Å². The van der Waals surface area contributed by atoms with Crippen molar-refractivity contribution >= 4 is 11.8 Å². The van der Waals surface area contributed by atoms with Gasteiger partial charge in [-0.2, -0.15) is 0 Å². The molecule has 18 heavy (non-hydrogen) atoms. The summed E-state index contributed by atoms with van der Waals surface area (Å²) in [5.74, 6) is 0. The average molecular weight is 267 g/mol. The van der Waals surface area contributed by atoms with Crippen molar-refractivity contribution in [2.24, 2.45) is 0 Å². The molecule has 4 nitrogen and oxygen atoms in total. The number of hydrogen-bond donors (Lipinski definition) is 2. The van der Waals surface area contributed by atoms with Crippen molar-refractivity contribution in [2.75, 3.05) is 7.05 Å². The molecular formula is C13H21N3OS. The van der Waals surface area contributed by atoms with Crippen LogP contribution in [-0.2, 0) is 0 Å². The van der Waals surface area contributed by atoms with Crippen molar-refractivity contribution < 1.29 is 0 Å². The molecule has 1 heterocycles. The van der Waals surface area contributed by atoms with Crippen LogP contribution in [0.25, 0.3) is 0 Å². The second-order valence-electron chi connectivity index (χ2n) is 4.78. The fourth-order valence-corrected chi connectivity index (χ4v) is 3.77. The third kappa shape index (κ3) is 3.85. The van der Waals surface area contributed by atoms with Gasteiger partial charge in [-0.15, -0.1) is 0 Å². The predicted molar refractivity (Wildman–Crippen MR) is 75.1 cm³/mol. The zero-order valence-electron chi connectivity index (χ0n) is 10.8. The van der Waals surface area contributed by atoms with E-state index in [4.69, 9.17) is 0 Å². The standard InChI is InChI=1S/C13H21N3OS/c1-14-10-6-4-2-3-5-7-11(10)18-13-15-9-8-12(17)16-13/h8-11,14H,2-7H2,1H3,(H,15,16,17). The second kappa shape index (κ2) is 6.95. The van der Waals surface area contributed by atoms with E-state index in [0.29, 0.717) is 11.3 Å². The van der Waals surface area contributed by atoms with Crippen molar-refractivity contribution in [3.05, 3.63) is 22.6 Å². The van der Waals surface area contributed by atoms with E-state index in [1.807, 2.05) is 7.05 Å². The molecule has 0 bridgehead atoms. The quantitative estimate of drug-likeness (QED) is 0.824. The lowest BCUT2D eigenvalue weighted by atomic mass is 9.96. The van der Waals surface area contributed by atoms with Crippen molar-refractivity contribution in [3.8, 4) is 0 Å². The molecule has 2 unspecified atom stereocenters. The molecule has 1 aliphatic carbocycles. The molecule has 1 aromatic rings. The lowest BCUT2D eigenvalue weighted by Crippen LogP contribution is -2.36. The number of aromatic nitrogens is 2. The Balaban J connectivity index is 2.05. The Kier molecular flexibility index (Phi) is 5.26. The van der Waals surface area contributed by atoms with Gasteiger partial charge in [-0.05, 0) is 19.9 Å². The van der Waals surface area contributed by atoms with E-state index in [1.54, 1.807) is 18.0 Å². The first-order chi connectivity index (χ1) is 8.79. The van der Waals surface area contributed by atoms with E-state index in [0.717, 1.165) is 5.16 Å². The number of nitrogens with zero attached hydrogens (tertiary/aromatic N) is 1. The second-order valence-corrected chi connectivity index (χ2v) is 6.01. The van der Waals surface area contributed by atoms with Gasteiger partial charge in [-0.1, -0.05) is 37.4 Å². The minimum atomic E-state index is -0.0700. The minimum absolute atomic E-state index is 0.0700. The number of nitrogens with one attached hydrogen (secondary N) is 2. The van der Waals surface area contributed by atoms with E-state index in [1.165, 1.54) is 44.6 Å². The van der Waals surface area contributed by atoms with Crippen LogP contribution in [0.2, 0.25) is 0 Å². The topological polar surface area (TPSA) is 57.8 Å². The van der Waals surface area contributed by atoms with Gasteiger partial charge in [-0.3, -0.25) is 4.79 Å². The van der Waals surface area contributed by atoms with Gasteiger partial charge in [0.1, 0.15) is 0 Å². The van der Waals surface area contributed by atoms with E-state index in [-0.39, 0.29) is 5.56 Å². The summed E-state index contributed by atoms with van der Waals surface area (Å²) in [6.07, 6.45) is 9.22. The Morgan fingerprint density at radius 1 is 1.33 bits per heavy atom. The number of hydrogen-bond acceptors (Lipinski definition) is 4. The molecule has 2 rings (SSSR count). The van der Waals surface area contributed by atoms with Crippen LogP contribution in [0.4, 0.5) is 0 Å². The maximum absolute atomic E-state index is 11.3. The van der Waals surface area contributed by atoms with Gasteiger partial charge in [0.15, 0.2) is 5.16 Å². The van der Waals surface area contributed by atoms with Crippen LogP contribution < -0.4 is 10.9 Å². The monoisotopic (exact) mass is 267 g/mol. The van der Waals surface area contributed by atoms with Gasteiger partial charge in [-0.25, -0.2) is 4.98 Å². The molecule has 1 aliphatic rings. The molecule has 0 radical (unpaired) electrons. The summed E-state index contributed by atoms with van der Waals surface area (Å²) < 4.78 is 0. The molecule has 2 atom stereocenters. The fraction of sp³-hybridized carbons (Fsp3) is 0.692. The summed E-state index contributed by atoms with van der Waals surface area (Å²) in [6, 6.07) is 1.97. The highest BCUT2D eigenvalue weighted by Gasteiger charge is 2.23. The van der Waals surface area contributed by atoms with Gasteiger partial charge in [0.05, 0.1) is 0 Å². The molecule has 0 spiro atoms. The van der Waals surface area contributed by atoms with Crippen molar-refractivity contribution in [1.82, 2.24) is 15.3 Å². The first-order valence-corrected chi connectivity index (χ1v) is 7.57. The lowest BCUT2D eigenvalue weighted by Gasteiger charge is -2.28. The largest absolute Gasteiger partial charge is 0.316 e. The molecule has 1 saturated carbocycles. The highest BCUT2D eigenvalue weighted by molar-refractivity contribution is 7.99. The van der Waals surface area contributed by atoms with E-state index in [2.05, 4.69) is 15.3 Å². The van der Waals surface area contributed by atoms with Crippen LogP contribution in [-0.4, -0.2) is 28.3 Å². The highest BCUT2D eigenvalue weighted by atomic mass is 32.2. The first-order valence-electron chi connectivity index (χ1n) is 6.69. The Morgan fingerprint density at radius 2 is 2.11 bits per heavy atom. The summed E-state index contributed by atoms with van der Waals surface area (Å²) in [5.41, 5.74) is -0.0700. The summed E-state index contributed by atoms with van der Waals surface area (Å²) in [5, 5.41) is 4.66. The third-order valence-electron chi connectivity index (χ3n) is 3.48. The van der Waals surface area contributed by atoms with Gasteiger partial charge in [0, 0.05) is 23.6 Å². The van der Waals surface area contributed by atoms with E-state index >= 15 is 0 Å². The van der Waals surface area contributed by atoms with Crippen LogP contribution >= 0.6 is 11.8 Å². The maximum atomic E-state index is 11.3. The van der Waals surface area contributed by atoms with Crippen LogP contribution in [0.15, 0.2) is 22.2 Å². The molecule has 100 valence electrons. The summed E-state index contributed by atoms with van der Waals surface area (Å²) in [4.78, 5) is 18.3. The third-order valence-corrected chi connectivity index (χ3v) is 4.78. The normalized spacial score (nSPS) is 25.4. The zero-order chi connectivity index (χ0) is 12.8. The van der Waals surface area contributed by atoms with Crippen LogP contribution in [0.1, 0.15) is 38.5 Å². The van der Waals surface area contributed by atoms with Crippen LogP contribution in [0, 0.1) is 0 Å². The smallest absolute Gasteiger partial charge is 0.251 e. The Hall–Kier alpha value is -0.810. The predicted octanol–water partition coefficient (Wildman–Crippen LogP) is 2.17. The molecular weight excluding hydrogens is 246 g/mol. The number of H-pyrrole nitrogens is 1. The number of aromatic amines is 1. The van der Waals surface area contributed by atoms with E-state index < -0.39 is 0 Å². The zero-order valence-corrected chi connectivity index (χ0v) is 11.6. The molecule has 1 aromatic heterocycles. The maximum Gasteiger partial charge on any atom is 0.251 e. The number of rotatable bonds is 3. The molecule has 0 aliphatic heterocycles. The molecule has 5 heteroatoms. The fourth-order valence-electron chi connectivity index (χ4n) is 2.48. The van der Waals surface area contributed by atoms with E-state index in [9.17, 15) is 4.79 Å². The average Bonchev–Trinajstić information content (AvgIpc) is 2.33. The van der Waals surface area contributed by atoms with Crippen molar-refractivity contribution in [3.63, 3.8) is 0 Å². The van der Waals surface area contributed by atoms with Gasteiger partial charge in [0.25, 0.3) is 5.56 Å². The first kappa shape index (κ1) is 13.6. The van der Waals surface area contributed by atoms with Crippen molar-refractivity contribution in [1.29, 1.82) is 0 Å². The summed E-state index contributed by atoms with van der Waals surface area (Å²) in [6.45, 7) is 0. The van der Waals surface area contributed by atoms with Gasteiger partial charge >= 0.3 is 0 Å². The Labute approximate surface area is 112 Å². The van der Waals surface area contributed by atoms with Gasteiger partial charge in [0.2, 0.25) is 0 Å². The van der Waals surface area contributed by atoms with Crippen LogP contribution in [0.3, 0.4) is 0 Å². The minimum Gasteiger partial charge on any atom is -0.316 e. The van der Waals surface area contributed by atoms with Gasteiger partial charge < -0.3 is 10.3 Å². The molecule has 0 aromatic carbocycles. The Morgan fingerprint density at radius 3 is 2.83 bits per heavy atom. The molecule has 1 fully saturated rings. The SMILES string of the molecule is CNC1CCCCCCC1Sc1nccc(=O)[nH]1. The highest BCUT2D eigenvalue weighted by Crippen LogP contribution is 2.30. The molecule has 0 amide bonds. The number of thioether (sulfide) groups is 1. The summed E-state index contributed by atoms with van der Waals surface area (Å²) in [7, 11) is 2.03. The molecule has 0 saturated heterocycles. The summed E-state index contributed by atoms with van der Waals surface area (Å²) >= 11 is 1.70. The lowest BCUT2D eigenvalue weighted by molar-refractivity contribution is 0.420. The Bertz CT molecular complexity index is 421.